The minimum Gasteiger partial charge on any atom is -0.253 e. The van der Waals surface area contributed by atoms with Crippen molar-refractivity contribution in [2.24, 2.45) is 0 Å². The first-order valence-electron chi connectivity index (χ1n) is 8.64. The summed E-state index contributed by atoms with van der Waals surface area (Å²) in [5, 5.41) is 0. The van der Waals surface area contributed by atoms with E-state index in [1.807, 2.05) is 0 Å². The molecule has 1 aromatic heterocycles. The summed E-state index contributed by atoms with van der Waals surface area (Å²) in [4.78, 5) is 8.36. The van der Waals surface area contributed by atoms with Crippen molar-refractivity contribution in [3.63, 3.8) is 0 Å². The van der Waals surface area contributed by atoms with E-state index in [4.69, 9.17) is 0 Å². The first-order valence-corrected chi connectivity index (χ1v) is 8.64. The monoisotopic (exact) mass is 420 g/mol. The summed E-state index contributed by atoms with van der Waals surface area (Å²) in [6.07, 6.45) is 0.649. The van der Waals surface area contributed by atoms with Crippen LogP contribution in [0.25, 0.3) is 24.3 Å². The van der Waals surface area contributed by atoms with E-state index >= 15 is 0 Å². The minimum atomic E-state index is -4.38. The molecule has 0 saturated heterocycles. The van der Waals surface area contributed by atoms with Crippen LogP contribution < -0.4 is 0 Å². The van der Waals surface area contributed by atoms with Gasteiger partial charge in [-0.05, 0) is 47.5 Å². The number of aromatic nitrogens is 2. The molecule has 154 valence electrons. The third kappa shape index (κ3) is 5.79. The van der Waals surface area contributed by atoms with Crippen molar-refractivity contribution in [2.45, 2.75) is 12.4 Å². The second-order valence-corrected chi connectivity index (χ2v) is 6.27. The molecule has 8 heteroatoms. The predicted molar refractivity (Wildman–Crippen MR) is 103 cm³/mol. The second kappa shape index (κ2) is 8.52. The zero-order valence-corrected chi connectivity index (χ0v) is 15.2. The van der Waals surface area contributed by atoms with Crippen molar-refractivity contribution in [3.05, 3.63) is 94.6 Å². The van der Waals surface area contributed by atoms with E-state index in [1.165, 1.54) is 36.7 Å². The van der Waals surface area contributed by atoms with Crippen molar-refractivity contribution in [1.29, 1.82) is 0 Å². The van der Waals surface area contributed by atoms with Crippen molar-refractivity contribution in [1.82, 2.24) is 9.97 Å². The largest absolute Gasteiger partial charge is 0.416 e. The smallest absolute Gasteiger partial charge is 0.253 e. The molecule has 0 atom stereocenters. The number of benzene rings is 2. The first kappa shape index (κ1) is 21.3. The van der Waals surface area contributed by atoms with E-state index in [-0.39, 0.29) is 0 Å². The van der Waals surface area contributed by atoms with E-state index in [9.17, 15) is 26.3 Å². The van der Waals surface area contributed by atoms with Gasteiger partial charge in [0.2, 0.25) is 0 Å². The Balaban J connectivity index is 1.63. The average Bonchev–Trinajstić information content (AvgIpc) is 2.71. The number of alkyl halides is 6. The predicted octanol–water partition coefficient (Wildman–Crippen LogP) is 6.86. The Morgan fingerprint density at radius 2 is 0.833 bits per heavy atom. The molecule has 0 aliphatic rings. The molecular formula is C22H14F6N2. The van der Waals surface area contributed by atoms with E-state index in [0.717, 1.165) is 24.3 Å². The highest BCUT2D eigenvalue weighted by atomic mass is 19.4. The molecule has 3 rings (SSSR count). The molecule has 0 radical (unpaired) electrons. The lowest BCUT2D eigenvalue weighted by atomic mass is 10.1. The third-order valence-electron chi connectivity index (χ3n) is 4.06. The topological polar surface area (TPSA) is 25.8 Å². The van der Waals surface area contributed by atoms with E-state index in [0.29, 0.717) is 22.5 Å². The molecule has 3 aromatic rings. The van der Waals surface area contributed by atoms with Gasteiger partial charge in [-0.1, -0.05) is 36.4 Å². The summed E-state index contributed by atoms with van der Waals surface area (Å²) in [7, 11) is 0. The zero-order valence-electron chi connectivity index (χ0n) is 15.2. The van der Waals surface area contributed by atoms with Crippen molar-refractivity contribution in [2.75, 3.05) is 0 Å². The molecule has 0 spiro atoms. The highest BCUT2D eigenvalue weighted by Crippen LogP contribution is 2.30. The molecule has 0 N–H and O–H groups in total. The first-order chi connectivity index (χ1) is 14.1. The lowest BCUT2D eigenvalue weighted by Crippen LogP contribution is -2.03. The maximum absolute atomic E-state index is 12.6. The van der Waals surface area contributed by atoms with Gasteiger partial charge in [0.15, 0.2) is 0 Å². The van der Waals surface area contributed by atoms with Gasteiger partial charge < -0.3 is 0 Å². The van der Waals surface area contributed by atoms with Crippen LogP contribution in [-0.2, 0) is 12.4 Å². The van der Waals surface area contributed by atoms with Crippen LogP contribution in [0.1, 0.15) is 33.6 Å². The van der Waals surface area contributed by atoms with Crippen molar-refractivity contribution in [3.8, 4) is 0 Å². The SMILES string of the molecule is FC(F)(F)c1ccc(C=Cc2cnc(C=Cc3ccc(C(F)(F)F)cc3)cn2)cc1. The quantitative estimate of drug-likeness (QED) is 0.431. The second-order valence-electron chi connectivity index (χ2n) is 6.27. The summed E-state index contributed by atoms with van der Waals surface area (Å²) < 4.78 is 75.3. The fourth-order valence-electron chi connectivity index (χ4n) is 2.45. The van der Waals surface area contributed by atoms with E-state index < -0.39 is 23.5 Å². The fourth-order valence-corrected chi connectivity index (χ4v) is 2.45. The van der Waals surface area contributed by atoms with E-state index in [1.54, 1.807) is 24.3 Å². The normalized spacial score (nSPS) is 12.7. The van der Waals surface area contributed by atoms with Gasteiger partial charge in [0.1, 0.15) is 0 Å². The van der Waals surface area contributed by atoms with Gasteiger partial charge in [-0.2, -0.15) is 26.3 Å². The van der Waals surface area contributed by atoms with Crippen LogP contribution in [-0.4, -0.2) is 9.97 Å². The van der Waals surface area contributed by atoms with Gasteiger partial charge in [-0.15, -0.1) is 0 Å². The Bertz CT molecular complexity index is 943. The molecule has 1 heterocycles. The molecule has 0 aliphatic heterocycles. The highest BCUT2D eigenvalue weighted by molar-refractivity contribution is 5.70. The Kier molecular flexibility index (Phi) is 6.05. The van der Waals surface area contributed by atoms with Crippen LogP contribution in [0.15, 0.2) is 60.9 Å². The summed E-state index contributed by atoms with van der Waals surface area (Å²) in [5.74, 6) is 0. The van der Waals surface area contributed by atoms with E-state index in [2.05, 4.69) is 9.97 Å². The molecule has 0 aliphatic carbocycles. The fraction of sp³-hybridized carbons (Fsp3) is 0.0909. The van der Waals surface area contributed by atoms with Gasteiger partial charge in [0.05, 0.1) is 34.9 Å². The van der Waals surface area contributed by atoms with Gasteiger partial charge >= 0.3 is 12.4 Å². The Morgan fingerprint density at radius 1 is 0.500 bits per heavy atom. The number of hydrogen-bond acceptors (Lipinski definition) is 2. The summed E-state index contributed by atoms with van der Waals surface area (Å²) in [6, 6.07) is 9.42. The van der Waals surface area contributed by atoms with Crippen molar-refractivity contribution < 1.29 is 26.3 Å². The number of nitrogens with zero attached hydrogens (tertiary/aromatic N) is 2. The Morgan fingerprint density at radius 3 is 1.10 bits per heavy atom. The van der Waals surface area contributed by atoms with Crippen LogP contribution in [0.3, 0.4) is 0 Å². The van der Waals surface area contributed by atoms with Gasteiger partial charge in [-0.25, -0.2) is 0 Å². The van der Waals surface area contributed by atoms with Crippen LogP contribution in [0.5, 0.6) is 0 Å². The number of halogens is 6. The molecule has 0 bridgehead atoms. The summed E-state index contributed by atoms with van der Waals surface area (Å²) in [5.41, 5.74) is 0.725. The summed E-state index contributed by atoms with van der Waals surface area (Å²) in [6.45, 7) is 0. The summed E-state index contributed by atoms with van der Waals surface area (Å²) >= 11 is 0. The highest BCUT2D eigenvalue weighted by Gasteiger charge is 2.30. The zero-order chi connectivity index (χ0) is 21.8. The Hall–Kier alpha value is -3.42. The van der Waals surface area contributed by atoms with Crippen LogP contribution in [0.2, 0.25) is 0 Å². The number of rotatable bonds is 4. The van der Waals surface area contributed by atoms with Crippen LogP contribution >= 0.6 is 0 Å². The Labute approximate surface area is 168 Å². The maximum atomic E-state index is 12.6. The standard InChI is InChI=1S/C22H14F6N2/c23-21(24,25)17-7-1-15(2-8-17)5-11-19-13-30-20(14-29-19)12-6-16-3-9-18(10-4-16)22(26,27)28/h1-14H. The van der Waals surface area contributed by atoms with Gasteiger partial charge in [0, 0.05) is 0 Å². The molecule has 0 amide bonds. The third-order valence-corrected chi connectivity index (χ3v) is 4.06. The molecule has 2 nitrogen and oxygen atoms in total. The lowest BCUT2D eigenvalue weighted by molar-refractivity contribution is -0.138. The average molecular weight is 420 g/mol. The van der Waals surface area contributed by atoms with Crippen LogP contribution in [0.4, 0.5) is 26.3 Å². The molecule has 0 fully saturated rings. The number of hydrogen-bond donors (Lipinski definition) is 0. The van der Waals surface area contributed by atoms with Crippen LogP contribution in [0, 0.1) is 0 Å². The van der Waals surface area contributed by atoms with Gasteiger partial charge in [0.25, 0.3) is 0 Å². The molecule has 2 aromatic carbocycles. The molecule has 30 heavy (non-hydrogen) atoms. The maximum Gasteiger partial charge on any atom is 0.416 e. The lowest BCUT2D eigenvalue weighted by Gasteiger charge is -2.06. The van der Waals surface area contributed by atoms with Crippen molar-refractivity contribution >= 4 is 24.3 Å². The molecular weight excluding hydrogens is 406 g/mol. The molecule has 0 saturated carbocycles. The minimum absolute atomic E-state index is 0.501. The molecule has 0 unspecified atom stereocenters. The van der Waals surface area contributed by atoms with Gasteiger partial charge in [-0.3, -0.25) is 9.97 Å².